The van der Waals surface area contributed by atoms with Gasteiger partial charge < -0.3 is 0 Å². The molecule has 0 fully saturated rings. The molecule has 1 unspecified atom stereocenters. The van der Waals surface area contributed by atoms with Gasteiger partial charge in [0.25, 0.3) is 0 Å². The maximum absolute atomic E-state index is 4.19. The summed E-state index contributed by atoms with van der Waals surface area (Å²) in [5, 5.41) is 0. The molecule has 1 rings (SSSR count). The third-order valence-corrected chi connectivity index (χ3v) is 10.1. The van der Waals surface area contributed by atoms with E-state index < -0.39 is 8.07 Å². The Morgan fingerprint density at radius 3 is 2.27 bits per heavy atom. The van der Waals surface area contributed by atoms with E-state index in [0.717, 1.165) is 6.42 Å². The first-order chi connectivity index (χ1) is 10.2. The summed E-state index contributed by atoms with van der Waals surface area (Å²) in [6.07, 6.45) is 6.89. The van der Waals surface area contributed by atoms with Gasteiger partial charge in [0.15, 0.2) is 0 Å². The van der Waals surface area contributed by atoms with Crippen LogP contribution in [0.25, 0.3) is 0 Å². The zero-order chi connectivity index (χ0) is 16.8. The summed E-state index contributed by atoms with van der Waals surface area (Å²) in [5.41, 5.74) is 1.59. The Morgan fingerprint density at radius 1 is 1.23 bits per heavy atom. The average molecular weight is 333 g/mol. The standard InChI is InChI=1S/C20H32SSi/c1-8-20(4,16-12-13-17(2)3)19(22(5,6)7)21-18-14-10-9-11-15-18/h8-11,13-15,19H,1,12,16H2,2-7H3/t19-,20?/m1/s1. The number of hydrogen-bond acceptors (Lipinski definition) is 1. The fourth-order valence-electron chi connectivity index (χ4n) is 2.95. The SMILES string of the molecule is C=CC(C)(CCC=C(C)C)[C@H](Sc1ccccc1)[Si](C)(C)C. The Balaban J connectivity index is 3.02. The van der Waals surface area contributed by atoms with Crippen LogP contribution in [0.1, 0.15) is 33.6 Å². The van der Waals surface area contributed by atoms with E-state index >= 15 is 0 Å². The predicted molar refractivity (Wildman–Crippen MR) is 106 cm³/mol. The molecule has 0 aliphatic carbocycles. The lowest BCUT2D eigenvalue weighted by Crippen LogP contribution is -2.46. The molecule has 0 saturated carbocycles. The Labute approximate surface area is 143 Å². The highest BCUT2D eigenvalue weighted by atomic mass is 32.2. The lowest BCUT2D eigenvalue weighted by Gasteiger charge is -2.42. The van der Waals surface area contributed by atoms with E-state index in [1.807, 2.05) is 0 Å². The molecule has 0 bridgehead atoms. The molecule has 22 heavy (non-hydrogen) atoms. The number of rotatable bonds is 8. The number of thioether (sulfide) groups is 1. The van der Waals surface area contributed by atoms with Crippen LogP contribution in [0.4, 0.5) is 0 Å². The maximum atomic E-state index is 4.19. The lowest BCUT2D eigenvalue weighted by atomic mass is 9.87. The van der Waals surface area contributed by atoms with E-state index in [9.17, 15) is 0 Å². The van der Waals surface area contributed by atoms with Crippen molar-refractivity contribution in [2.75, 3.05) is 0 Å². The molecule has 0 amide bonds. The maximum Gasteiger partial charge on any atom is 0.0602 e. The molecule has 0 radical (unpaired) electrons. The first-order valence-corrected chi connectivity index (χ1v) is 12.6. The van der Waals surface area contributed by atoms with Gasteiger partial charge in [0.2, 0.25) is 0 Å². The second kappa shape index (κ2) is 8.21. The van der Waals surface area contributed by atoms with Crippen molar-refractivity contribution >= 4 is 19.8 Å². The minimum atomic E-state index is -1.33. The summed E-state index contributed by atoms with van der Waals surface area (Å²) in [6.45, 7) is 18.4. The zero-order valence-electron chi connectivity index (χ0n) is 15.1. The summed E-state index contributed by atoms with van der Waals surface area (Å²) >= 11 is 2.06. The van der Waals surface area contributed by atoms with Crippen molar-refractivity contribution in [2.45, 2.75) is 63.0 Å². The van der Waals surface area contributed by atoms with Crippen LogP contribution in [-0.4, -0.2) is 12.9 Å². The van der Waals surface area contributed by atoms with E-state index in [0.29, 0.717) is 4.87 Å². The van der Waals surface area contributed by atoms with Gasteiger partial charge in [0.1, 0.15) is 0 Å². The fourth-order valence-corrected chi connectivity index (χ4v) is 8.08. The molecule has 0 aromatic heterocycles. The second-order valence-corrected chi connectivity index (χ2v) is 14.6. The van der Waals surface area contributed by atoms with Crippen molar-refractivity contribution in [1.82, 2.24) is 0 Å². The van der Waals surface area contributed by atoms with Gasteiger partial charge in [-0.2, -0.15) is 0 Å². The highest BCUT2D eigenvalue weighted by molar-refractivity contribution is 8.01. The molecule has 0 nitrogen and oxygen atoms in total. The van der Waals surface area contributed by atoms with Gasteiger partial charge in [-0.1, -0.05) is 62.5 Å². The smallest absolute Gasteiger partial charge is 0.0602 e. The third-order valence-electron chi connectivity index (χ3n) is 4.08. The highest BCUT2D eigenvalue weighted by Gasteiger charge is 2.40. The van der Waals surface area contributed by atoms with Gasteiger partial charge >= 0.3 is 0 Å². The summed E-state index contributed by atoms with van der Waals surface area (Å²) < 4.78 is 0. The summed E-state index contributed by atoms with van der Waals surface area (Å²) in [4.78, 5) is 2.01. The second-order valence-electron chi connectivity index (χ2n) is 7.71. The Morgan fingerprint density at radius 2 is 1.82 bits per heavy atom. The molecule has 122 valence electrons. The average Bonchev–Trinajstić information content (AvgIpc) is 2.44. The van der Waals surface area contributed by atoms with Crippen molar-refractivity contribution in [3.8, 4) is 0 Å². The van der Waals surface area contributed by atoms with Crippen LogP contribution in [0.15, 0.2) is 59.5 Å². The van der Waals surface area contributed by atoms with Crippen molar-refractivity contribution < 1.29 is 0 Å². The molecular formula is C20H32SSi. The van der Waals surface area contributed by atoms with Crippen molar-refractivity contribution in [3.63, 3.8) is 0 Å². The minimum absolute atomic E-state index is 0.178. The highest BCUT2D eigenvalue weighted by Crippen LogP contribution is 2.44. The molecule has 0 heterocycles. The summed E-state index contributed by atoms with van der Waals surface area (Å²) in [6, 6.07) is 10.8. The van der Waals surface area contributed by atoms with Gasteiger partial charge in [-0.15, -0.1) is 18.3 Å². The molecule has 1 aromatic carbocycles. The molecule has 2 heteroatoms. The van der Waals surface area contributed by atoms with Crippen LogP contribution >= 0.6 is 11.8 Å². The van der Waals surface area contributed by atoms with Crippen molar-refractivity contribution in [2.24, 2.45) is 5.41 Å². The molecule has 0 N–H and O–H groups in total. The van der Waals surface area contributed by atoms with Crippen LogP contribution in [0, 0.1) is 5.41 Å². The largest absolute Gasteiger partial charge is 0.125 e. The van der Waals surface area contributed by atoms with E-state index in [2.05, 4.69) is 101 Å². The van der Waals surface area contributed by atoms with Crippen LogP contribution in [0.2, 0.25) is 19.6 Å². The van der Waals surface area contributed by atoms with Crippen LogP contribution in [0.5, 0.6) is 0 Å². The van der Waals surface area contributed by atoms with Gasteiger partial charge in [0, 0.05) is 9.77 Å². The topological polar surface area (TPSA) is 0 Å². The van der Waals surface area contributed by atoms with Gasteiger partial charge in [-0.3, -0.25) is 0 Å². The molecule has 0 aliphatic rings. The third kappa shape index (κ3) is 5.81. The van der Waals surface area contributed by atoms with Gasteiger partial charge in [-0.25, -0.2) is 0 Å². The zero-order valence-corrected chi connectivity index (χ0v) is 17.0. The molecule has 0 aliphatic heterocycles. The minimum Gasteiger partial charge on any atom is -0.125 e. The van der Waals surface area contributed by atoms with Gasteiger partial charge in [0.05, 0.1) is 8.07 Å². The quantitative estimate of drug-likeness (QED) is 0.281. The Hall–Kier alpha value is -0.733. The van der Waals surface area contributed by atoms with Crippen molar-refractivity contribution in [3.05, 3.63) is 54.6 Å². The van der Waals surface area contributed by atoms with Crippen LogP contribution in [-0.2, 0) is 0 Å². The lowest BCUT2D eigenvalue weighted by molar-refractivity contribution is 0.423. The van der Waals surface area contributed by atoms with E-state index in [1.54, 1.807) is 0 Å². The monoisotopic (exact) mass is 332 g/mol. The first kappa shape index (κ1) is 19.3. The number of hydrogen-bond donors (Lipinski definition) is 0. The Kier molecular flexibility index (Phi) is 7.21. The van der Waals surface area contributed by atoms with Crippen LogP contribution < -0.4 is 0 Å². The fraction of sp³-hybridized carbons (Fsp3) is 0.500. The normalized spacial score (nSPS) is 15.7. The molecule has 0 spiro atoms. The van der Waals surface area contributed by atoms with E-state index in [4.69, 9.17) is 0 Å². The predicted octanol–water partition coefficient (Wildman–Crippen LogP) is 6.96. The van der Waals surface area contributed by atoms with Crippen molar-refractivity contribution in [1.29, 1.82) is 0 Å². The molecular weight excluding hydrogens is 300 g/mol. The summed E-state index contributed by atoms with van der Waals surface area (Å²) in [7, 11) is -1.33. The first-order valence-electron chi connectivity index (χ1n) is 8.18. The van der Waals surface area contributed by atoms with Gasteiger partial charge in [-0.05, 0) is 44.2 Å². The molecule has 1 aromatic rings. The summed E-state index contributed by atoms with van der Waals surface area (Å²) in [5.74, 6) is 0. The van der Waals surface area contributed by atoms with E-state index in [1.165, 1.54) is 16.9 Å². The molecule has 0 saturated heterocycles. The Bertz CT molecular complexity index is 494. The molecule has 2 atom stereocenters. The van der Waals surface area contributed by atoms with Crippen LogP contribution in [0.3, 0.4) is 0 Å². The van der Waals surface area contributed by atoms with E-state index in [-0.39, 0.29) is 5.41 Å². The number of allylic oxidation sites excluding steroid dienone is 3. The number of benzene rings is 1.